The number of rotatable bonds is 5. The Hall–Kier alpha value is -1.24. The highest BCUT2D eigenvalue weighted by Gasteiger charge is 2.30. The van der Waals surface area contributed by atoms with Crippen LogP contribution in [0, 0.1) is 0 Å². The third-order valence-corrected chi connectivity index (χ3v) is 6.86. The molecule has 0 amide bonds. The average molecular weight is 347 g/mol. The highest BCUT2D eigenvalue weighted by atomic mass is 32.1. The number of thiophene rings is 1. The summed E-state index contributed by atoms with van der Waals surface area (Å²) in [6.45, 7) is 0.256. The van der Waals surface area contributed by atoms with Crippen LogP contribution in [0.2, 0.25) is 0 Å². The van der Waals surface area contributed by atoms with Gasteiger partial charge in [-0.1, -0.05) is 0 Å². The molecule has 2 aliphatic rings. The molecule has 0 aliphatic heterocycles. The van der Waals surface area contributed by atoms with Crippen LogP contribution >= 0.6 is 11.3 Å². The fourth-order valence-corrected chi connectivity index (χ4v) is 5.58. The standard InChI is InChI=1S/C18H26N4OS/c1-19-12-3-5-13(6-4-12)22-17-16-15-11(8-9-23)2-7-14(15)24-18(16)21-10-20-17/h10-13,19,23H,2-9H2,1H3,(H,20,21,22)/t11-,12?,13?/m1/s1. The van der Waals surface area contributed by atoms with Gasteiger partial charge in [0.05, 0.1) is 5.39 Å². The first kappa shape index (κ1) is 16.2. The maximum Gasteiger partial charge on any atom is 0.138 e. The fourth-order valence-electron chi connectivity index (χ4n) is 4.34. The Morgan fingerprint density at radius 3 is 2.71 bits per heavy atom. The van der Waals surface area contributed by atoms with Gasteiger partial charge in [-0.3, -0.25) is 0 Å². The van der Waals surface area contributed by atoms with Gasteiger partial charge in [0.25, 0.3) is 0 Å². The molecule has 4 rings (SSSR count). The van der Waals surface area contributed by atoms with E-state index in [9.17, 15) is 5.11 Å². The summed E-state index contributed by atoms with van der Waals surface area (Å²) in [6.07, 6.45) is 9.62. The van der Waals surface area contributed by atoms with Crippen LogP contribution in [0.4, 0.5) is 5.82 Å². The van der Waals surface area contributed by atoms with Crippen molar-refractivity contribution in [2.45, 2.75) is 62.9 Å². The molecule has 0 radical (unpaired) electrons. The number of nitrogens with one attached hydrogen (secondary N) is 2. The number of anilines is 1. The minimum Gasteiger partial charge on any atom is -0.396 e. The summed E-state index contributed by atoms with van der Waals surface area (Å²) >= 11 is 1.81. The van der Waals surface area contributed by atoms with Gasteiger partial charge >= 0.3 is 0 Å². The molecule has 2 aliphatic carbocycles. The highest BCUT2D eigenvalue weighted by molar-refractivity contribution is 7.19. The molecule has 5 nitrogen and oxygen atoms in total. The summed E-state index contributed by atoms with van der Waals surface area (Å²) in [5.74, 6) is 1.47. The van der Waals surface area contributed by atoms with E-state index in [4.69, 9.17) is 0 Å². The van der Waals surface area contributed by atoms with Gasteiger partial charge in [-0.25, -0.2) is 9.97 Å². The molecule has 2 heterocycles. The number of hydrogen-bond acceptors (Lipinski definition) is 6. The van der Waals surface area contributed by atoms with Crippen LogP contribution in [0.15, 0.2) is 6.33 Å². The van der Waals surface area contributed by atoms with Gasteiger partial charge in [-0.15, -0.1) is 11.3 Å². The first-order chi connectivity index (χ1) is 11.8. The maximum atomic E-state index is 9.39. The zero-order valence-corrected chi connectivity index (χ0v) is 15.0. The predicted octanol–water partition coefficient (Wildman–Crippen LogP) is 3.05. The summed E-state index contributed by atoms with van der Waals surface area (Å²) in [7, 11) is 2.06. The molecule has 3 N–H and O–H groups in total. The van der Waals surface area contributed by atoms with Crippen molar-refractivity contribution in [2.75, 3.05) is 19.0 Å². The maximum absolute atomic E-state index is 9.39. The number of aliphatic hydroxyl groups excluding tert-OH is 1. The molecular formula is C18H26N4OS. The minimum absolute atomic E-state index is 0.256. The van der Waals surface area contributed by atoms with E-state index < -0.39 is 0 Å². The topological polar surface area (TPSA) is 70.1 Å². The Kier molecular flexibility index (Phi) is 4.70. The van der Waals surface area contributed by atoms with Crippen LogP contribution in [0.1, 0.15) is 54.9 Å². The molecule has 1 atom stereocenters. The zero-order chi connectivity index (χ0) is 16.5. The number of aromatic nitrogens is 2. The molecule has 2 aromatic heterocycles. The minimum atomic E-state index is 0.256. The van der Waals surface area contributed by atoms with Crippen LogP contribution in [-0.2, 0) is 6.42 Å². The van der Waals surface area contributed by atoms with E-state index in [-0.39, 0.29) is 6.61 Å². The van der Waals surface area contributed by atoms with E-state index in [0.29, 0.717) is 18.0 Å². The van der Waals surface area contributed by atoms with Gasteiger partial charge in [0, 0.05) is 23.6 Å². The lowest BCUT2D eigenvalue weighted by Crippen LogP contribution is -2.35. The molecule has 0 unspecified atom stereocenters. The van der Waals surface area contributed by atoms with Gasteiger partial charge in [0.2, 0.25) is 0 Å². The van der Waals surface area contributed by atoms with Crippen LogP contribution in [0.3, 0.4) is 0 Å². The SMILES string of the molecule is CNC1CCC(Nc2ncnc3sc4c(c23)[C@@H](CCO)CC4)CC1. The van der Waals surface area contributed by atoms with Crippen molar-refractivity contribution in [2.24, 2.45) is 0 Å². The lowest BCUT2D eigenvalue weighted by molar-refractivity contribution is 0.275. The van der Waals surface area contributed by atoms with E-state index in [1.165, 1.54) is 41.5 Å². The molecule has 0 bridgehead atoms. The Morgan fingerprint density at radius 2 is 1.96 bits per heavy atom. The van der Waals surface area contributed by atoms with Crippen LogP contribution in [-0.4, -0.2) is 40.8 Å². The smallest absolute Gasteiger partial charge is 0.138 e. The molecule has 0 spiro atoms. The first-order valence-electron chi connectivity index (χ1n) is 9.11. The van der Waals surface area contributed by atoms with Gasteiger partial charge in [-0.05, 0) is 63.5 Å². The van der Waals surface area contributed by atoms with Gasteiger partial charge in [0.15, 0.2) is 0 Å². The number of fused-ring (bicyclic) bond motifs is 3. The van der Waals surface area contributed by atoms with Crippen LogP contribution < -0.4 is 10.6 Å². The number of aliphatic hydroxyl groups is 1. The van der Waals surface area contributed by atoms with E-state index >= 15 is 0 Å². The fraction of sp³-hybridized carbons (Fsp3) is 0.667. The summed E-state index contributed by atoms with van der Waals surface area (Å²) in [5.41, 5.74) is 1.41. The van der Waals surface area contributed by atoms with Crippen molar-refractivity contribution in [3.8, 4) is 0 Å². The second kappa shape index (κ2) is 6.94. The predicted molar refractivity (Wildman–Crippen MR) is 98.9 cm³/mol. The van der Waals surface area contributed by atoms with Crippen molar-refractivity contribution in [1.29, 1.82) is 0 Å². The quantitative estimate of drug-likeness (QED) is 0.776. The monoisotopic (exact) mass is 346 g/mol. The second-order valence-electron chi connectivity index (χ2n) is 7.07. The molecule has 1 fully saturated rings. The van der Waals surface area contributed by atoms with Gasteiger partial charge in [-0.2, -0.15) is 0 Å². The molecule has 130 valence electrons. The molecule has 1 saturated carbocycles. The summed E-state index contributed by atoms with van der Waals surface area (Å²) in [6, 6.07) is 1.16. The van der Waals surface area contributed by atoms with Crippen LogP contribution in [0.5, 0.6) is 0 Å². The van der Waals surface area contributed by atoms with E-state index in [1.807, 2.05) is 11.3 Å². The Balaban J connectivity index is 1.62. The number of aryl methyl sites for hydroxylation is 1. The zero-order valence-electron chi connectivity index (χ0n) is 14.2. The summed E-state index contributed by atoms with van der Waals surface area (Å²) in [5, 5.41) is 17.7. The van der Waals surface area contributed by atoms with Crippen molar-refractivity contribution in [3.63, 3.8) is 0 Å². The van der Waals surface area contributed by atoms with Gasteiger partial charge in [0.1, 0.15) is 17.0 Å². The van der Waals surface area contributed by atoms with E-state index in [2.05, 4.69) is 27.6 Å². The summed E-state index contributed by atoms with van der Waals surface area (Å²) < 4.78 is 0. The summed E-state index contributed by atoms with van der Waals surface area (Å²) in [4.78, 5) is 11.7. The molecule has 0 aromatic carbocycles. The Bertz CT molecular complexity index is 708. The van der Waals surface area contributed by atoms with E-state index in [0.717, 1.165) is 29.9 Å². The van der Waals surface area contributed by atoms with Crippen molar-refractivity contribution < 1.29 is 5.11 Å². The second-order valence-corrected chi connectivity index (χ2v) is 8.15. The number of hydrogen-bond donors (Lipinski definition) is 3. The largest absolute Gasteiger partial charge is 0.396 e. The molecule has 24 heavy (non-hydrogen) atoms. The normalized spacial score (nSPS) is 26.7. The third kappa shape index (κ3) is 2.91. The molecule has 2 aromatic rings. The number of nitrogens with zero attached hydrogens (tertiary/aromatic N) is 2. The lowest BCUT2D eigenvalue weighted by atomic mass is 9.91. The Morgan fingerprint density at radius 1 is 1.17 bits per heavy atom. The molecular weight excluding hydrogens is 320 g/mol. The third-order valence-electron chi connectivity index (χ3n) is 5.68. The molecule has 6 heteroatoms. The highest BCUT2D eigenvalue weighted by Crippen LogP contribution is 2.46. The van der Waals surface area contributed by atoms with Crippen molar-refractivity contribution >= 4 is 27.4 Å². The van der Waals surface area contributed by atoms with E-state index in [1.54, 1.807) is 6.33 Å². The van der Waals surface area contributed by atoms with Gasteiger partial charge < -0.3 is 15.7 Å². The van der Waals surface area contributed by atoms with Crippen molar-refractivity contribution in [3.05, 3.63) is 16.8 Å². The Labute approximate surface area is 146 Å². The van der Waals surface area contributed by atoms with Crippen LogP contribution in [0.25, 0.3) is 10.2 Å². The lowest BCUT2D eigenvalue weighted by Gasteiger charge is -2.29. The average Bonchev–Trinajstić information content (AvgIpc) is 3.16. The molecule has 0 saturated heterocycles. The van der Waals surface area contributed by atoms with Crippen molar-refractivity contribution in [1.82, 2.24) is 15.3 Å². The first-order valence-corrected chi connectivity index (χ1v) is 9.92.